The lowest BCUT2D eigenvalue weighted by atomic mass is 10.0. The fourth-order valence-corrected chi connectivity index (χ4v) is 2.07. The lowest BCUT2D eigenvalue weighted by Gasteiger charge is -2.14. The molecule has 0 spiro atoms. The van der Waals surface area contributed by atoms with E-state index in [0.29, 0.717) is 24.2 Å². The number of benzene rings is 2. The number of carbonyl (C=O) groups is 1. The molecule has 0 aliphatic rings. The fraction of sp³-hybridized carbons (Fsp3) is 0.235. The van der Waals surface area contributed by atoms with Crippen LogP contribution in [0.5, 0.6) is 11.5 Å². The topological polar surface area (TPSA) is 35.5 Å². The van der Waals surface area contributed by atoms with Crippen molar-refractivity contribution in [2.24, 2.45) is 0 Å². The predicted molar refractivity (Wildman–Crippen MR) is 79.7 cm³/mol. The molecule has 0 amide bonds. The first-order valence-electron chi connectivity index (χ1n) is 7.01. The second-order valence-corrected chi connectivity index (χ2v) is 4.76. The number of alkyl halides is 3. The molecule has 2 aromatic rings. The standard InChI is InChI=1S/C17H15F3O3/c1-2-9-22-15-8-7-12(10-13(15)11-21)14-5-3-4-6-16(14)23-17(18,19)20/h3-8,10-11H,2,9H2,1H3. The van der Waals surface area contributed by atoms with E-state index in [2.05, 4.69) is 4.74 Å². The van der Waals surface area contributed by atoms with E-state index in [9.17, 15) is 18.0 Å². The number of halogens is 3. The highest BCUT2D eigenvalue weighted by Crippen LogP contribution is 2.35. The summed E-state index contributed by atoms with van der Waals surface area (Å²) in [5.74, 6) is 0.0823. The third kappa shape index (κ3) is 4.48. The van der Waals surface area contributed by atoms with Gasteiger partial charge >= 0.3 is 6.36 Å². The van der Waals surface area contributed by atoms with Crippen LogP contribution in [0.2, 0.25) is 0 Å². The van der Waals surface area contributed by atoms with Gasteiger partial charge in [-0.2, -0.15) is 0 Å². The van der Waals surface area contributed by atoms with Crippen LogP contribution in [0.4, 0.5) is 13.2 Å². The third-order valence-electron chi connectivity index (χ3n) is 3.02. The largest absolute Gasteiger partial charge is 0.573 e. The molecule has 0 fully saturated rings. The van der Waals surface area contributed by atoms with Crippen molar-refractivity contribution in [2.45, 2.75) is 19.7 Å². The van der Waals surface area contributed by atoms with Crippen LogP contribution in [0, 0.1) is 0 Å². The molecule has 2 rings (SSSR count). The van der Waals surface area contributed by atoms with Crippen LogP contribution in [0.25, 0.3) is 11.1 Å². The molecular formula is C17H15F3O3. The third-order valence-corrected chi connectivity index (χ3v) is 3.02. The highest BCUT2D eigenvalue weighted by Gasteiger charge is 2.32. The van der Waals surface area contributed by atoms with E-state index in [1.165, 1.54) is 24.3 Å². The zero-order valence-corrected chi connectivity index (χ0v) is 12.4. The summed E-state index contributed by atoms with van der Waals surface area (Å²) in [7, 11) is 0. The van der Waals surface area contributed by atoms with Crippen LogP contribution in [-0.4, -0.2) is 19.3 Å². The number of hydrogen-bond acceptors (Lipinski definition) is 3. The first-order chi connectivity index (χ1) is 10.9. The minimum atomic E-state index is -4.78. The maximum Gasteiger partial charge on any atom is 0.573 e. The zero-order chi connectivity index (χ0) is 16.9. The molecule has 0 saturated heterocycles. The second-order valence-electron chi connectivity index (χ2n) is 4.76. The Morgan fingerprint density at radius 3 is 2.48 bits per heavy atom. The molecule has 0 radical (unpaired) electrons. The summed E-state index contributed by atoms with van der Waals surface area (Å²) in [6.07, 6.45) is -3.39. The Kier molecular flexibility index (Phi) is 5.26. The maximum atomic E-state index is 12.5. The van der Waals surface area contributed by atoms with Crippen molar-refractivity contribution in [3.8, 4) is 22.6 Å². The molecule has 0 saturated carbocycles. The Bertz CT molecular complexity index is 681. The Labute approximate surface area is 131 Å². The van der Waals surface area contributed by atoms with Crippen LogP contribution >= 0.6 is 0 Å². The molecule has 2 aromatic carbocycles. The van der Waals surface area contributed by atoms with Gasteiger partial charge in [0.2, 0.25) is 0 Å². The summed E-state index contributed by atoms with van der Waals surface area (Å²) in [6, 6.07) is 10.4. The molecule has 0 atom stereocenters. The van der Waals surface area contributed by atoms with E-state index in [0.717, 1.165) is 6.42 Å². The molecular weight excluding hydrogens is 309 g/mol. The van der Waals surface area contributed by atoms with Crippen LogP contribution in [-0.2, 0) is 0 Å². The Morgan fingerprint density at radius 1 is 1.09 bits per heavy atom. The van der Waals surface area contributed by atoms with Gasteiger partial charge in [-0.15, -0.1) is 13.2 Å². The van der Waals surface area contributed by atoms with Gasteiger partial charge in [0.25, 0.3) is 0 Å². The molecule has 0 aliphatic carbocycles. The van der Waals surface area contributed by atoms with Gasteiger partial charge in [-0.3, -0.25) is 4.79 Å². The number of carbonyl (C=O) groups excluding carboxylic acids is 1. The van der Waals surface area contributed by atoms with Crippen LogP contribution in [0.15, 0.2) is 42.5 Å². The van der Waals surface area contributed by atoms with E-state index in [1.807, 2.05) is 6.92 Å². The maximum absolute atomic E-state index is 12.5. The van der Waals surface area contributed by atoms with Crippen LogP contribution < -0.4 is 9.47 Å². The smallest absolute Gasteiger partial charge is 0.493 e. The second kappa shape index (κ2) is 7.17. The molecule has 3 nitrogen and oxygen atoms in total. The van der Waals surface area contributed by atoms with E-state index < -0.39 is 6.36 Å². The van der Waals surface area contributed by atoms with Crippen LogP contribution in [0.1, 0.15) is 23.7 Å². The van der Waals surface area contributed by atoms with E-state index in [1.54, 1.807) is 18.2 Å². The van der Waals surface area contributed by atoms with Crippen molar-refractivity contribution in [3.05, 3.63) is 48.0 Å². The lowest BCUT2D eigenvalue weighted by molar-refractivity contribution is -0.274. The summed E-state index contributed by atoms with van der Waals surface area (Å²) in [5, 5.41) is 0. The van der Waals surface area contributed by atoms with Gasteiger partial charge in [0.1, 0.15) is 11.5 Å². The number of aldehydes is 1. The molecule has 6 heteroatoms. The lowest BCUT2D eigenvalue weighted by Crippen LogP contribution is -2.17. The molecule has 0 aliphatic heterocycles. The number of para-hydroxylation sites is 1. The van der Waals surface area contributed by atoms with Crippen LogP contribution in [0.3, 0.4) is 0 Å². The number of rotatable bonds is 6. The van der Waals surface area contributed by atoms with Crippen molar-refractivity contribution >= 4 is 6.29 Å². The highest BCUT2D eigenvalue weighted by atomic mass is 19.4. The first-order valence-corrected chi connectivity index (χ1v) is 7.01. The van der Waals surface area contributed by atoms with Gasteiger partial charge in [0.05, 0.1) is 12.2 Å². The Balaban J connectivity index is 2.41. The predicted octanol–water partition coefficient (Wildman–Crippen LogP) is 4.85. The van der Waals surface area contributed by atoms with Crippen molar-refractivity contribution < 1.29 is 27.4 Å². The Hall–Kier alpha value is -2.50. The summed E-state index contributed by atoms with van der Waals surface area (Å²) < 4.78 is 46.9. The van der Waals surface area contributed by atoms with Gasteiger partial charge in [0.15, 0.2) is 6.29 Å². The summed E-state index contributed by atoms with van der Waals surface area (Å²) >= 11 is 0. The minimum Gasteiger partial charge on any atom is -0.493 e. The highest BCUT2D eigenvalue weighted by molar-refractivity contribution is 5.84. The Morgan fingerprint density at radius 2 is 1.83 bits per heavy atom. The first kappa shape index (κ1) is 16.9. The van der Waals surface area contributed by atoms with Gasteiger partial charge in [-0.25, -0.2) is 0 Å². The normalized spacial score (nSPS) is 11.1. The molecule has 0 unspecified atom stereocenters. The van der Waals surface area contributed by atoms with Gasteiger partial charge in [-0.1, -0.05) is 31.2 Å². The van der Waals surface area contributed by atoms with Crippen molar-refractivity contribution in [2.75, 3.05) is 6.61 Å². The molecule has 0 bridgehead atoms. The molecule has 122 valence electrons. The van der Waals surface area contributed by atoms with Gasteiger partial charge < -0.3 is 9.47 Å². The SMILES string of the molecule is CCCOc1ccc(-c2ccccc2OC(F)(F)F)cc1C=O. The van der Waals surface area contributed by atoms with E-state index >= 15 is 0 Å². The molecule has 0 aromatic heterocycles. The summed E-state index contributed by atoms with van der Waals surface area (Å²) in [6.45, 7) is 2.38. The van der Waals surface area contributed by atoms with Crippen molar-refractivity contribution in [1.29, 1.82) is 0 Å². The minimum absolute atomic E-state index is 0.245. The monoisotopic (exact) mass is 324 g/mol. The number of ether oxygens (including phenoxy) is 2. The zero-order valence-electron chi connectivity index (χ0n) is 12.4. The average molecular weight is 324 g/mol. The number of hydrogen-bond donors (Lipinski definition) is 0. The molecule has 23 heavy (non-hydrogen) atoms. The van der Waals surface area contributed by atoms with Crippen molar-refractivity contribution in [3.63, 3.8) is 0 Å². The van der Waals surface area contributed by atoms with Gasteiger partial charge in [-0.05, 0) is 30.2 Å². The summed E-state index contributed by atoms with van der Waals surface area (Å²) in [4.78, 5) is 11.2. The molecule has 0 N–H and O–H groups in total. The summed E-state index contributed by atoms with van der Waals surface area (Å²) in [5.41, 5.74) is 0.962. The van der Waals surface area contributed by atoms with Crippen molar-refractivity contribution in [1.82, 2.24) is 0 Å². The van der Waals surface area contributed by atoms with E-state index in [4.69, 9.17) is 4.74 Å². The average Bonchev–Trinajstić information content (AvgIpc) is 2.52. The fourth-order valence-electron chi connectivity index (χ4n) is 2.07. The molecule has 0 heterocycles. The quantitative estimate of drug-likeness (QED) is 0.712. The van der Waals surface area contributed by atoms with E-state index in [-0.39, 0.29) is 16.9 Å². The van der Waals surface area contributed by atoms with Gasteiger partial charge in [0, 0.05) is 5.56 Å².